The number of rotatable bonds is 3. The summed E-state index contributed by atoms with van der Waals surface area (Å²) in [5, 5.41) is 3.43. The summed E-state index contributed by atoms with van der Waals surface area (Å²) in [5.41, 5.74) is 1.49. The van der Waals surface area contributed by atoms with Gasteiger partial charge in [0, 0.05) is 10.2 Å². The van der Waals surface area contributed by atoms with Crippen LogP contribution in [-0.4, -0.2) is 31.0 Å². The molecular weight excluding hydrogens is 356 g/mol. The predicted molar refractivity (Wildman–Crippen MR) is 87.8 cm³/mol. The van der Waals surface area contributed by atoms with E-state index in [0.29, 0.717) is 16.6 Å². The van der Waals surface area contributed by atoms with Crippen LogP contribution in [-0.2, 0) is 9.53 Å². The molecule has 21 heavy (non-hydrogen) atoms. The summed E-state index contributed by atoms with van der Waals surface area (Å²) in [6, 6.07) is 5.21. The van der Waals surface area contributed by atoms with Gasteiger partial charge in [-0.25, -0.2) is 4.99 Å². The molecule has 0 saturated carbocycles. The Morgan fingerprint density at radius 2 is 2.14 bits per heavy atom. The van der Waals surface area contributed by atoms with Crippen molar-refractivity contribution in [2.24, 2.45) is 10.9 Å². The number of halogens is 1. The minimum atomic E-state index is -0.537. The third-order valence-electron chi connectivity index (χ3n) is 3.33. The van der Waals surface area contributed by atoms with E-state index in [9.17, 15) is 4.79 Å². The molecular formula is C14H15BrN2O3S. The zero-order valence-electron chi connectivity index (χ0n) is 11.8. The second-order valence-corrected chi connectivity index (χ2v) is 5.81. The first-order valence-corrected chi connectivity index (χ1v) is 7.45. The van der Waals surface area contributed by atoms with Crippen LogP contribution in [0.2, 0.25) is 0 Å². The Morgan fingerprint density at radius 3 is 2.76 bits per heavy atom. The summed E-state index contributed by atoms with van der Waals surface area (Å²) < 4.78 is 11.0. The van der Waals surface area contributed by atoms with E-state index in [1.54, 1.807) is 14.0 Å². The molecule has 0 radical (unpaired) electrons. The van der Waals surface area contributed by atoms with E-state index in [1.165, 1.54) is 7.11 Å². The van der Waals surface area contributed by atoms with Gasteiger partial charge in [-0.1, -0.05) is 15.9 Å². The van der Waals surface area contributed by atoms with Crippen LogP contribution >= 0.6 is 28.1 Å². The molecule has 0 aliphatic carbocycles. The number of nitrogens with one attached hydrogen (secondary N) is 1. The summed E-state index contributed by atoms with van der Waals surface area (Å²) >= 11 is 8.65. The highest BCUT2D eigenvalue weighted by molar-refractivity contribution is 9.10. The first-order chi connectivity index (χ1) is 9.97. The van der Waals surface area contributed by atoms with Crippen molar-refractivity contribution in [2.45, 2.75) is 13.0 Å². The van der Waals surface area contributed by atoms with E-state index in [1.807, 2.05) is 18.2 Å². The van der Waals surface area contributed by atoms with Crippen LogP contribution in [0.15, 0.2) is 27.7 Å². The lowest BCUT2D eigenvalue weighted by Gasteiger charge is -2.31. The standard InChI is InChI=1S/C14H15BrN2O3S/c1-7-11(13(18)20-3)12(17-14(21)16-7)9-6-8(19-2)4-5-10(9)15/h4-6,11-12H,1-3H3,(H,17,21). The van der Waals surface area contributed by atoms with Crippen molar-refractivity contribution in [3.8, 4) is 5.75 Å². The second kappa shape index (κ2) is 6.53. The molecule has 112 valence electrons. The van der Waals surface area contributed by atoms with Crippen molar-refractivity contribution in [3.05, 3.63) is 28.2 Å². The number of carbonyl (C=O) groups excluding carboxylic acids is 1. The van der Waals surface area contributed by atoms with Gasteiger partial charge in [-0.2, -0.15) is 0 Å². The van der Waals surface area contributed by atoms with Gasteiger partial charge in [-0.05, 0) is 42.9 Å². The van der Waals surface area contributed by atoms with Crippen molar-refractivity contribution in [1.29, 1.82) is 0 Å². The molecule has 7 heteroatoms. The van der Waals surface area contributed by atoms with E-state index in [2.05, 4.69) is 26.2 Å². The Balaban J connectivity index is 2.51. The monoisotopic (exact) mass is 370 g/mol. The Labute approximate surface area is 136 Å². The minimum absolute atomic E-state index is 0.354. The number of benzene rings is 1. The van der Waals surface area contributed by atoms with E-state index < -0.39 is 5.92 Å². The van der Waals surface area contributed by atoms with Crippen molar-refractivity contribution in [2.75, 3.05) is 14.2 Å². The Hall–Kier alpha value is -1.47. The lowest BCUT2D eigenvalue weighted by atomic mass is 9.88. The number of hydrogen-bond donors (Lipinski definition) is 1. The fourth-order valence-electron chi connectivity index (χ4n) is 2.30. The Bertz CT molecular complexity index is 618. The van der Waals surface area contributed by atoms with Crippen molar-refractivity contribution >= 4 is 44.9 Å². The third-order valence-corrected chi connectivity index (χ3v) is 4.26. The third kappa shape index (κ3) is 3.24. The van der Waals surface area contributed by atoms with Crippen LogP contribution in [0, 0.1) is 5.92 Å². The minimum Gasteiger partial charge on any atom is -0.497 e. The summed E-state index contributed by atoms with van der Waals surface area (Å²) in [7, 11) is 2.96. The van der Waals surface area contributed by atoms with Crippen LogP contribution in [0.3, 0.4) is 0 Å². The van der Waals surface area contributed by atoms with Crippen LogP contribution in [0.25, 0.3) is 0 Å². The molecule has 0 bridgehead atoms. The zero-order valence-corrected chi connectivity index (χ0v) is 14.2. The van der Waals surface area contributed by atoms with Crippen molar-refractivity contribution < 1.29 is 14.3 Å². The van der Waals surface area contributed by atoms with Gasteiger partial charge in [0.15, 0.2) is 5.11 Å². The van der Waals surface area contributed by atoms with E-state index in [-0.39, 0.29) is 12.0 Å². The summed E-state index contributed by atoms with van der Waals surface area (Å²) in [5.74, 6) is -0.194. The van der Waals surface area contributed by atoms with Crippen LogP contribution < -0.4 is 10.1 Å². The molecule has 1 aliphatic heterocycles. The van der Waals surface area contributed by atoms with E-state index >= 15 is 0 Å². The van der Waals surface area contributed by atoms with Gasteiger partial charge in [-0.3, -0.25) is 4.79 Å². The SMILES string of the molecule is COC(=O)C1C(C)=NC(=S)NC1c1cc(OC)ccc1Br. The molecule has 2 unspecified atom stereocenters. The largest absolute Gasteiger partial charge is 0.497 e. The van der Waals surface area contributed by atoms with Crippen LogP contribution in [0.5, 0.6) is 5.75 Å². The lowest BCUT2D eigenvalue weighted by molar-refractivity contribution is -0.143. The number of thiocarbonyl (C=S) groups is 1. The maximum absolute atomic E-state index is 12.1. The van der Waals surface area contributed by atoms with Gasteiger partial charge in [0.2, 0.25) is 0 Å². The van der Waals surface area contributed by atoms with Gasteiger partial charge < -0.3 is 14.8 Å². The highest BCUT2D eigenvalue weighted by Crippen LogP contribution is 2.34. The molecule has 5 nitrogen and oxygen atoms in total. The average Bonchev–Trinajstić information content (AvgIpc) is 2.46. The van der Waals surface area contributed by atoms with Gasteiger partial charge in [0.05, 0.1) is 20.3 Å². The Morgan fingerprint density at radius 1 is 1.43 bits per heavy atom. The van der Waals surface area contributed by atoms with Crippen molar-refractivity contribution in [3.63, 3.8) is 0 Å². The van der Waals surface area contributed by atoms with Gasteiger partial charge in [0.25, 0.3) is 0 Å². The first kappa shape index (κ1) is 15.9. The number of methoxy groups -OCH3 is 2. The maximum Gasteiger partial charge on any atom is 0.316 e. The Kier molecular flexibility index (Phi) is 4.95. The highest BCUT2D eigenvalue weighted by Gasteiger charge is 2.37. The van der Waals surface area contributed by atoms with Gasteiger partial charge >= 0.3 is 5.97 Å². The van der Waals surface area contributed by atoms with Crippen LogP contribution in [0.1, 0.15) is 18.5 Å². The molecule has 0 spiro atoms. The number of ether oxygens (including phenoxy) is 2. The number of hydrogen-bond acceptors (Lipinski definition) is 4. The average molecular weight is 371 g/mol. The predicted octanol–water partition coefficient (Wildman–Crippen LogP) is 2.64. The molecule has 1 N–H and O–H groups in total. The molecule has 2 atom stereocenters. The zero-order chi connectivity index (χ0) is 15.6. The lowest BCUT2D eigenvalue weighted by Crippen LogP contribution is -2.44. The van der Waals surface area contributed by atoms with Crippen LogP contribution in [0.4, 0.5) is 0 Å². The fourth-order valence-corrected chi connectivity index (χ4v) is 3.06. The van der Waals surface area contributed by atoms with E-state index in [4.69, 9.17) is 21.7 Å². The number of carbonyl (C=O) groups is 1. The maximum atomic E-state index is 12.1. The first-order valence-electron chi connectivity index (χ1n) is 6.25. The molecule has 1 heterocycles. The summed E-state index contributed by atoms with van der Waals surface area (Å²) in [6.45, 7) is 1.77. The number of aliphatic imine (C=N–C) groups is 1. The molecule has 1 aliphatic rings. The quantitative estimate of drug-likeness (QED) is 0.654. The molecule has 2 rings (SSSR count). The normalized spacial score (nSPS) is 21.3. The molecule has 0 saturated heterocycles. The van der Waals surface area contributed by atoms with Gasteiger partial charge in [-0.15, -0.1) is 0 Å². The molecule has 0 aromatic heterocycles. The molecule has 1 aromatic rings. The van der Waals surface area contributed by atoms with E-state index in [0.717, 1.165) is 10.0 Å². The topological polar surface area (TPSA) is 59.9 Å². The molecule has 1 aromatic carbocycles. The number of nitrogens with zero attached hydrogens (tertiary/aromatic N) is 1. The summed E-state index contributed by atoms with van der Waals surface area (Å²) in [6.07, 6.45) is 0. The smallest absolute Gasteiger partial charge is 0.316 e. The second-order valence-electron chi connectivity index (χ2n) is 4.57. The fraction of sp³-hybridized carbons (Fsp3) is 0.357. The van der Waals surface area contributed by atoms with Gasteiger partial charge in [0.1, 0.15) is 11.7 Å². The number of esters is 1. The highest BCUT2D eigenvalue weighted by atomic mass is 79.9. The summed E-state index contributed by atoms with van der Waals surface area (Å²) in [4.78, 5) is 16.3. The van der Waals surface area contributed by atoms with Crippen molar-refractivity contribution in [1.82, 2.24) is 5.32 Å². The molecule has 0 amide bonds. The molecule has 0 fully saturated rings.